The van der Waals surface area contributed by atoms with E-state index in [4.69, 9.17) is 0 Å². The average molecular weight is 489 g/mol. The second-order valence-corrected chi connectivity index (χ2v) is 9.10. The fourth-order valence-electron chi connectivity index (χ4n) is 4.35. The van der Waals surface area contributed by atoms with E-state index in [2.05, 4.69) is 32.6 Å². The van der Waals surface area contributed by atoms with Crippen LogP contribution in [0.15, 0.2) is 71.5 Å². The van der Waals surface area contributed by atoms with Crippen molar-refractivity contribution in [3.8, 4) is 22.5 Å². The number of nitrogens with zero attached hydrogens (tertiary/aromatic N) is 5. The highest BCUT2D eigenvalue weighted by Gasteiger charge is 2.17. The molecular weight excluding hydrogens is 462 g/mol. The summed E-state index contributed by atoms with van der Waals surface area (Å²) in [5, 5.41) is 16.5. The number of rotatable bonds is 6. The number of piperidine rings is 1. The van der Waals surface area contributed by atoms with Crippen LogP contribution in [0.4, 0.5) is 14.6 Å². The Morgan fingerprint density at radius 1 is 0.889 bits per heavy atom. The minimum absolute atomic E-state index is 0.196. The lowest BCUT2D eigenvalue weighted by Crippen LogP contribution is -2.36. The molecule has 0 atom stereocenters. The Balaban J connectivity index is 1.32. The monoisotopic (exact) mass is 488 g/mol. The second-order valence-electron chi connectivity index (χ2n) is 9.10. The predicted octanol–water partition coefficient (Wildman–Crippen LogP) is 4.20. The first-order valence-electron chi connectivity index (χ1n) is 11.9. The highest BCUT2D eigenvalue weighted by atomic mass is 19.1. The van der Waals surface area contributed by atoms with Gasteiger partial charge in [-0.25, -0.2) is 13.5 Å². The van der Waals surface area contributed by atoms with E-state index in [1.807, 2.05) is 36.4 Å². The fraction of sp³-hybridized carbons (Fsp3) is 0.259. The van der Waals surface area contributed by atoms with Crippen LogP contribution < -0.4 is 10.9 Å². The van der Waals surface area contributed by atoms with Gasteiger partial charge in [-0.05, 0) is 74.9 Å². The molecule has 36 heavy (non-hydrogen) atoms. The van der Waals surface area contributed by atoms with Crippen LogP contribution >= 0.6 is 0 Å². The van der Waals surface area contributed by atoms with Crippen molar-refractivity contribution in [2.75, 3.05) is 25.5 Å². The molecule has 0 amide bonds. The van der Waals surface area contributed by atoms with E-state index in [9.17, 15) is 13.6 Å². The number of anilines is 1. The molecule has 0 radical (unpaired) electrons. The third-order valence-electron chi connectivity index (χ3n) is 6.32. The minimum atomic E-state index is -0.703. The van der Waals surface area contributed by atoms with Gasteiger partial charge in [0.25, 0.3) is 5.56 Å². The molecule has 9 heteroatoms. The SMILES string of the molecule is CN1CCC(Nc2ccc(-c3cccc(Cn4nc(-c5cc(F)cc(F)c5)ccc4=O)c3)nn2)CC1. The number of likely N-dealkylation sites (tertiary alicyclic amines) is 1. The molecule has 2 aromatic carbocycles. The number of hydrogen-bond donors (Lipinski definition) is 1. The van der Waals surface area contributed by atoms with Gasteiger partial charge in [0, 0.05) is 29.3 Å². The number of aromatic nitrogens is 4. The minimum Gasteiger partial charge on any atom is -0.366 e. The van der Waals surface area contributed by atoms with Gasteiger partial charge in [-0.3, -0.25) is 4.79 Å². The van der Waals surface area contributed by atoms with Crippen molar-refractivity contribution in [2.45, 2.75) is 25.4 Å². The van der Waals surface area contributed by atoms with Crippen molar-refractivity contribution < 1.29 is 8.78 Å². The maximum Gasteiger partial charge on any atom is 0.267 e. The quantitative estimate of drug-likeness (QED) is 0.439. The third kappa shape index (κ3) is 5.63. The second kappa shape index (κ2) is 10.3. The Morgan fingerprint density at radius 3 is 2.36 bits per heavy atom. The molecule has 0 aliphatic carbocycles. The molecule has 3 heterocycles. The summed E-state index contributed by atoms with van der Waals surface area (Å²) >= 11 is 0. The molecule has 1 saturated heterocycles. The normalized spacial score (nSPS) is 14.6. The van der Waals surface area contributed by atoms with E-state index in [-0.39, 0.29) is 17.7 Å². The Hall–Kier alpha value is -3.98. The summed E-state index contributed by atoms with van der Waals surface area (Å²) in [6, 6.07) is 17.8. The van der Waals surface area contributed by atoms with Crippen molar-refractivity contribution >= 4 is 5.82 Å². The molecule has 7 nitrogen and oxygen atoms in total. The van der Waals surface area contributed by atoms with E-state index in [1.54, 1.807) is 0 Å². The van der Waals surface area contributed by atoms with Crippen LogP contribution in [0.5, 0.6) is 0 Å². The molecule has 1 N–H and O–H groups in total. The lowest BCUT2D eigenvalue weighted by molar-refractivity contribution is 0.263. The van der Waals surface area contributed by atoms with Gasteiger partial charge in [-0.15, -0.1) is 10.2 Å². The van der Waals surface area contributed by atoms with Crippen molar-refractivity contribution in [3.63, 3.8) is 0 Å². The van der Waals surface area contributed by atoms with Gasteiger partial charge in [-0.1, -0.05) is 18.2 Å². The summed E-state index contributed by atoms with van der Waals surface area (Å²) in [6.07, 6.45) is 2.15. The topological polar surface area (TPSA) is 75.9 Å². The van der Waals surface area contributed by atoms with E-state index in [1.165, 1.54) is 28.9 Å². The molecule has 5 rings (SSSR count). The summed E-state index contributed by atoms with van der Waals surface area (Å²) in [7, 11) is 2.13. The smallest absolute Gasteiger partial charge is 0.267 e. The molecule has 184 valence electrons. The van der Waals surface area contributed by atoms with Crippen molar-refractivity contribution in [3.05, 3.63) is 94.3 Å². The standard InChI is InChI=1S/C27H26F2N6O/c1-34-11-9-23(10-12-34)30-26-7-5-24(31-32-26)19-4-2-3-18(13-19)17-35-27(36)8-6-25(33-35)20-14-21(28)16-22(29)15-20/h2-8,13-16,23H,9-12,17H2,1H3,(H,30,32). The number of benzene rings is 2. The summed E-state index contributed by atoms with van der Waals surface area (Å²) in [5.74, 6) is -0.650. The number of halogens is 2. The van der Waals surface area contributed by atoms with Crippen LogP contribution in [-0.4, -0.2) is 51.1 Å². The van der Waals surface area contributed by atoms with Gasteiger partial charge in [0.1, 0.15) is 17.5 Å². The summed E-state index contributed by atoms with van der Waals surface area (Å²) < 4.78 is 28.6. The largest absolute Gasteiger partial charge is 0.366 e. The van der Waals surface area contributed by atoms with Crippen molar-refractivity contribution in [2.24, 2.45) is 0 Å². The average Bonchev–Trinajstić information content (AvgIpc) is 2.87. The van der Waals surface area contributed by atoms with Gasteiger partial charge in [-0.2, -0.15) is 5.10 Å². The first-order valence-corrected chi connectivity index (χ1v) is 11.9. The van der Waals surface area contributed by atoms with E-state index in [0.717, 1.165) is 54.6 Å². The Morgan fingerprint density at radius 2 is 1.64 bits per heavy atom. The Bertz CT molecular complexity index is 1390. The first kappa shape index (κ1) is 23.7. The molecule has 2 aromatic heterocycles. The molecule has 0 spiro atoms. The lowest BCUT2D eigenvalue weighted by atomic mass is 10.1. The molecule has 0 bridgehead atoms. The molecule has 1 aliphatic heterocycles. The summed E-state index contributed by atoms with van der Waals surface area (Å²) in [5.41, 5.74) is 2.67. The maximum absolute atomic E-state index is 13.6. The van der Waals surface area contributed by atoms with Gasteiger partial charge < -0.3 is 10.2 Å². The molecule has 4 aromatic rings. The van der Waals surface area contributed by atoms with Gasteiger partial charge in [0.15, 0.2) is 0 Å². The molecule has 1 fully saturated rings. The zero-order valence-electron chi connectivity index (χ0n) is 19.9. The van der Waals surface area contributed by atoms with Gasteiger partial charge in [0.05, 0.1) is 17.9 Å². The fourth-order valence-corrected chi connectivity index (χ4v) is 4.35. The van der Waals surface area contributed by atoms with Crippen LogP contribution in [0.25, 0.3) is 22.5 Å². The summed E-state index contributed by atoms with van der Waals surface area (Å²) in [4.78, 5) is 14.8. The first-order chi connectivity index (χ1) is 17.4. The highest BCUT2D eigenvalue weighted by Crippen LogP contribution is 2.21. The maximum atomic E-state index is 13.6. The van der Waals surface area contributed by atoms with Crippen molar-refractivity contribution in [1.29, 1.82) is 0 Å². The Labute approximate surface area is 207 Å². The zero-order valence-corrected chi connectivity index (χ0v) is 19.9. The highest BCUT2D eigenvalue weighted by molar-refractivity contribution is 5.61. The van der Waals surface area contributed by atoms with E-state index < -0.39 is 11.6 Å². The number of nitrogens with one attached hydrogen (secondary N) is 1. The number of hydrogen-bond acceptors (Lipinski definition) is 6. The lowest BCUT2D eigenvalue weighted by Gasteiger charge is -2.29. The molecule has 0 saturated carbocycles. The van der Waals surface area contributed by atoms with Crippen LogP contribution in [0.2, 0.25) is 0 Å². The van der Waals surface area contributed by atoms with Gasteiger partial charge >= 0.3 is 0 Å². The van der Waals surface area contributed by atoms with Gasteiger partial charge in [0.2, 0.25) is 0 Å². The van der Waals surface area contributed by atoms with E-state index in [0.29, 0.717) is 11.7 Å². The zero-order chi connectivity index (χ0) is 25.1. The third-order valence-corrected chi connectivity index (χ3v) is 6.32. The van der Waals surface area contributed by atoms with Crippen LogP contribution in [-0.2, 0) is 6.54 Å². The molecule has 1 aliphatic rings. The predicted molar refractivity (Wildman–Crippen MR) is 135 cm³/mol. The summed E-state index contributed by atoms with van der Waals surface area (Å²) in [6.45, 7) is 2.33. The molecule has 0 unspecified atom stereocenters. The van der Waals surface area contributed by atoms with Crippen LogP contribution in [0.1, 0.15) is 18.4 Å². The van der Waals surface area contributed by atoms with Crippen molar-refractivity contribution in [1.82, 2.24) is 24.9 Å². The van der Waals surface area contributed by atoms with Crippen LogP contribution in [0.3, 0.4) is 0 Å². The Kier molecular flexibility index (Phi) is 6.81. The van der Waals surface area contributed by atoms with Crippen LogP contribution in [0, 0.1) is 11.6 Å². The van der Waals surface area contributed by atoms with E-state index >= 15 is 0 Å². The molecular formula is C27H26F2N6O.